The second-order valence-corrected chi connectivity index (χ2v) is 19.0. The van der Waals surface area contributed by atoms with Gasteiger partial charge < -0.3 is 4.65 Å². The molecule has 0 spiro atoms. The molecular weight excluding hydrogens is 803 g/mol. The summed E-state index contributed by atoms with van der Waals surface area (Å²) in [5.74, 6) is -28.7. The Morgan fingerprint density at radius 2 is 0.891 bits per heavy atom. The minimum atomic E-state index is -4.77. The first-order valence-corrected chi connectivity index (χ1v) is 20.3. The van der Waals surface area contributed by atoms with E-state index in [0.29, 0.717) is 39.3 Å². The van der Waals surface area contributed by atoms with Gasteiger partial charge in [0.05, 0.1) is 11.0 Å². The van der Waals surface area contributed by atoms with Gasteiger partial charge in [-0.25, -0.2) is 48.7 Å². The Balaban J connectivity index is 0.00000166. The number of hydrogen-bond donors (Lipinski definition) is 0. The van der Waals surface area contributed by atoms with Gasteiger partial charge in [0, 0.05) is 0 Å². The van der Waals surface area contributed by atoms with Crippen LogP contribution in [0.4, 0.5) is 48.7 Å². The molecule has 3 fully saturated rings. The molecule has 2 bridgehead atoms. The molecule has 0 N–H and O–H groups in total. The fourth-order valence-electron chi connectivity index (χ4n) is 10.7. The third-order valence-corrected chi connectivity index (χ3v) is 17.0. The zero-order valence-electron chi connectivity index (χ0n) is 30.3. The average molecular weight is 837 g/mol. The number of halogens is 12. The van der Waals surface area contributed by atoms with Crippen LogP contribution in [0.1, 0.15) is 52.6 Å². The molecule has 0 amide bonds. The molecule has 2 saturated carbocycles. The second kappa shape index (κ2) is 14.6. The van der Waals surface area contributed by atoms with E-state index in [0.717, 1.165) is 11.1 Å². The molecule has 4 aromatic carbocycles. The summed E-state index contributed by atoms with van der Waals surface area (Å²) in [5, 5.41) is 1.22. The third kappa shape index (κ3) is 5.75. The average Bonchev–Trinajstić information content (AvgIpc) is 3.73. The van der Waals surface area contributed by atoms with Crippen LogP contribution in [-0.2, 0) is 4.65 Å². The molecule has 7 rings (SSSR count). The normalized spacial score (nSPS) is 22.0. The van der Waals surface area contributed by atoms with Crippen LogP contribution in [0.15, 0.2) is 24.3 Å². The molecule has 0 aromatic heterocycles. The van der Waals surface area contributed by atoms with Crippen molar-refractivity contribution in [2.75, 3.05) is 5.34 Å². The Kier molecular flexibility index (Phi) is 11.0. The van der Waals surface area contributed by atoms with Crippen LogP contribution in [0, 0.1) is 112 Å². The summed E-state index contributed by atoms with van der Waals surface area (Å²) in [7, 11) is -3.83. The number of benzene rings is 4. The minimum Gasteiger partial charge on any atom is -0.649 e. The van der Waals surface area contributed by atoms with Gasteiger partial charge in [0.15, 0.2) is 42.2 Å². The summed E-state index contributed by atoms with van der Waals surface area (Å²) in [6.07, 6.45) is -3.98. The number of carbonyl (C=O) groups excluding carboxylic acids is 1. The monoisotopic (exact) mass is 836 g/mol. The lowest BCUT2D eigenvalue weighted by atomic mass is 9.23. The van der Waals surface area contributed by atoms with Crippen molar-refractivity contribution in [3.8, 4) is 0 Å². The van der Waals surface area contributed by atoms with E-state index in [2.05, 4.69) is 0 Å². The lowest BCUT2D eigenvalue weighted by Gasteiger charge is -2.58. The van der Waals surface area contributed by atoms with Crippen LogP contribution in [0.25, 0.3) is 0 Å². The van der Waals surface area contributed by atoms with Crippen molar-refractivity contribution in [1.82, 2.24) is 0 Å². The predicted molar refractivity (Wildman–Crippen MR) is 196 cm³/mol. The van der Waals surface area contributed by atoms with Crippen molar-refractivity contribution in [1.29, 1.82) is 0 Å². The number of rotatable bonds is 4. The third-order valence-electron chi connectivity index (χ3n) is 11.8. The number of fused-ring (bicyclic) bond motifs is 5. The topological polar surface area (TPSA) is 26.3 Å². The van der Waals surface area contributed by atoms with Crippen LogP contribution in [0.5, 0.6) is 0 Å². The van der Waals surface area contributed by atoms with Crippen LogP contribution in [-0.4, -0.2) is 23.1 Å². The minimum absolute atomic E-state index is 0.177. The first-order valence-electron chi connectivity index (χ1n) is 17.4. The van der Waals surface area contributed by atoms with Crippen molar-refractivity contribution in [2.24, 2.45) is 11.8 Å². The Labute approximate surface area is 321 Å². The number of aryl methyl sites for hydroxylation is 6. The highest BCUT2D eigenvalue weighted by Gasteiger charge is 2.76. The zero-order valence-corrected chi connectivity index (χ0v) is 32.7. The first-order chi connectivity index (χ1) is 25.7. The van der Waals surface area contributed by atoms with Gasteiger partial charge in [-0.3, -0.25) is 0 Å². The molecular formula is C39H34BCl2F10O2P. The lowest BCUT2D eigenvalue weighted by Crippen LogP contribution is -2.74. The maximum Gasteiger partial charge on any atom is 0.415 e. The standard InChI is InChI=1S/C38H32BF10O2P.CH2Cl2/c1-14-9-16(3)35(17(4)10-14)52(36-18(5)11-15(2)12-19(36)6)37-21-8-7-20(13-21)22(37)39(51-38(52)50,23-25(40)29(44)33(48)30(45)26(23)41)24-27(42)31(46)34(49)32(47)28(24)43;2-1-3/h9-12,20-22,37H,7-8,13H2,1-6H3;1H2/t20-,21+,22+,37+;/m0./s1. The zero-order chi connectivity index (χ0) is 40.8. The van der Waals surface area contributed by atoms with Gasteiger partial charge in [0.1, 0.15) is 33.9 Å². The molecule has 55 heavy (non-hydrogen) atoms. The van der Waals surface area contributed by atoms with E-state index in [9.17, 15) is 8.78 Å². The van der Waals surface area contributed by atoms with Crippen molar-refractivity contribution in [3.63, 3.8) is 0 Å². The van der Waals surface area contributed by atoms with Crippen molar-refractivity contribution in [2.45, 2.75) is 72.3 Å². The molecule has 1 heterocycles. The van der Waals surface area contributed by atoms with E-state index in [1.807, 2.05) is 38.1 Å². The quantitative estimate of drug-likeness (QED) is 0.0511. The maximum absolute atomic E-state index is 16.3. The highest BCUT2D eigenvalue weighted by atomic mass is 35.5. The molecule has 1 saturated heterocycles. The maximum atomic E-state index is 16.3. The Hall–Kier alpha value is -3.28. The smallest absolute Gasteiger partial charge is 0.415 e. The molecule has 2 aliphatic carbocycles. The summed E-state index contributed by atoms with van der Waals surface area (Å²) in [6, 6.07) is 7.28. The van der Waals surface area contributed by atoms with Gasteiger partial charge in [0.25, 0.3) is 0 Å². The van der Waals surface area contributed by atoms with Gasteiger partial charge in [-0.15, -0.1) is 23.2 Å². The van der Waals surface area contributed by atoms with Gasteiger partial charge in [-0.05, 0) is 82.6 Å². The fourth-order valence-corrected chi connectivity index (χ4v) is 16.8. The molecule has 294 valence electrons. The number of hydrogen-bond acceptors (Lipinski definition) is 2. The summed E-state index contributed by atoms with van der Waals surface area (Å²) in [6.45, 7) is 10.7. The Morgan fingerprint density at radius 3 is 1.24 bits per heavy atom. The van der Waals surface area contributed by atoms with E-state index < -0.39 is 112 Å². The predicted octanol–water partition coefficient (Wildman–Crippen LogP) is 10.4. The van der Waals surface area contributed by atoms with Gasteiger partial charge >= 0.3 is 5.71 Å². The van der Waals surface area contributed by atoms with Crippen molar-refractivity contribution in [3.05, 3.63) is 116 Å². The van der Waals surface area contributed by atoms with Crippen LogP contribution in [0.2, 0.25) is 5.82 Å². The SMILES string of the molecule is Cc1cc(C)c([P+]2(c3c(C)cc(C)cc3C)C(=O)O[B-](c3c(F)c(F)c(F)c(F)c3F)(c3c(F)c(F)c(F)c(F)c3F)[C@@H]3[C@H]4CC[C@H](C4)[C@H]32)c(C)c1.ClCCl. The Morgan fingerprint density at radius 1 is 0.582 bits per heavy atom. The first kappa shape index (κ1) is 41.4. The second-order valence-electron chi connectivity index (χ2n) is 14.9. The fraction of sp³-hybridized carbons (Fsp3) is 0.359. The van der Waals surface area contributed by atoms with Crippen molar-refractivity contribution < 1.29 is 53.4 Å². The number of alkyl halides is 2. The summed E-state index contributed by atoms with van der Waals surface area (Å²) >= 11 is 9.53. The van der Waals surface area contributed by atoms with Crippen molar-refractivity contribution >= 4 is 64.1 Å². The van der Waals surface area contributed by atoms with E-state index in [-0.39, 0.29) is 18.2 Å². The number of carbonyl (C=O) groups is 1. The lowest BCUT2D eigenvalue weighted by molar-refractivity contribution is 0.218. The molecule has 1 aliphatic heterocycles. The summed E-state index contributed by atoms with van der Waals surface area (Å²) in [4.78, 5) is 15.6. The van der Waals surface area contributed by atoms with Gasteiger partial charge in [0.2, 0.25) is 6.35 Å². The van der Waals surface area contributed by atoms with Gasteiger partial charge in [-0.2, -0.15) is 0 Å². The largest absolute Gasteiger partial charge is 0.649 e. The Bertz CT molecular complexity index is 2060. The van der Waals surface area contributed by atoms with E-state index in [1.165, 1.54) is 0 Å². The highest BCUT2D eigenvalue weighted by molar-refractivity contribution is 8.03. The van der Waals surface area contributed by atoms with E-state index >= 15 is 39.9 Å². The molecule has 3 aliphatic rings. The molecule has 4 aromatic rings. The van der Waals surface area contributed by atoms with Crippen LogP contribution < -0.4 is 21.5 Å². The molecule has 16 heteroatoms. The van der Waals surface area contributed by atoms with E-state index in [4.69, 9.17) is 27.9 Å². The molecule has 2 nitrogen and oxygen atoms in total. The molecule has 0 radical (unpaired) electrons. The van der Waals surface area contributed by atoms with E-state index in [1.54, 1.807) is 27.7 Å². The summed E-state index contributed by atoms with van der Waals surface area (Å²) in [5.41, 5.74) is -2.11. The van der Waals surface area contributed by atoms with Crippen LogP contribution >= 0.6 is 30.5 Å². The highest BCUT2D eigenvalue weighted by Crippen LogP contribution is 2.79. The van der Waals surface area contributed by atoms with Gasteiger partial charge in [-0.1, -0.05) is 64.5 Å². The molecule has 4 atom stereocenters. The summed E-state index contributed by atoms with van der Waals surface area (Å²) < 4.78 is 161. The molecule has 0 unspecified atom stereocenters. The van der Waals surface area contributed by atoms with Crippen LogP contribution in [0.3, 0.4) is 0 Å².